The van der Waals surface area contributed by atoms with Crippen molar-refractivity contribution in [1.82, 2.24) is 15.0 Å². The molecular weight excluding hydrogens is 352 g/mol. The zero-order valence-electron chi connectivity index (χ0n) is 15.3. The van der Waals surface area contributed by atoms with Gasteiger partial charge in [-0.25, -0.2) is 15.0 Å². The highest BCUT2D eigenvalue weighted by Crippen LogP contribution is 2.43. The molecule has 0 spiro atoms. The van der Waals surface area contributed by atoms with Crippen LogP contribution in [0.1, 0.15) is 17.1 Å². The van der Waals surface area contributed by atoms with E-state index in [0.29, 0.717) is 22.8 Å². The number of anilines is 1. The van der Waals surface area contributed by atoms with E-state index in [2.05, 4.69) is 25.6 Å². The number of methoxy groups -OCH3 is 3. The molecule has 3 aromatic rings. The van der Waals surface area contributed by atoms with Crippen LogP contribution < -0.4 is 19.5 Å². The molecule has 26 heavy (non-hydrogen) atoms. The molecule has 0 unspecified atom stereocenters. The minimum Gasteiger partial charge on any atom is -0.493 e. The van der Waals surface area contributed by atoms with E-state index in [4.69, 9.17) is 14.2 Å². The van der Waals surface area contributed by atoms with Gasteiger partial charge in [0, 0.05) is 24.0 Å². The van der Waals surface area contributed by atoms with Gasteiger partial charge in [-0.2, -0.15) is 0 Å². The summed E-state index contributed by atoms with van der Waals surface area (Å²) in [5, 5.41) is 7.44. The van der Waals surface area contributed by atoms with Gasteiger partial charge in [-0.1, -0.05) is 0 Å². The Bertz CT molecular complexity index is 898. The number of benzene rings is 1. The SMILES string of the molecule is COc1cc2c(NCCCc3nc(C)cs3)ncnc2c(OC)c1OC. The Kier molecular flexibility index (Phi) is 5.72. The van der Waals surface area contributed by atoms with Crippen LogP contribution in [0, 0.1) is 6.92 Å². The van der Waals surface area contributed by atoms with E-state index in [-0.39, 0.29) is 0 Å². The number of hydrogen-bond donors (Lipinski definition) is 1. The predicted molar refractivity (Wildman–Crippen MR) is 103 cm³/mol. The number of thiazole rings is 1. The van der Waals surface area contributed by atoms with Crippen LogP contribution in [0.15, 0.2) is 17.8 Å². The molecule has 0 saturated carbocycles. The fourth-order valence-corrected chi connectivity index (χ4v) is 3.59. The Hall–Kier alpha value is -2.61. The molecule has 7 nitrogen and oxygen atoms in total. The van der Waals surface area contributed by atoms with Gasteiger partial charge < -0.3 is 19.5 Å². The van der Waals surface area contributed by atoms with Gasteiger partial charge in [-0.05, 0) is 19.4 Å². The highest BCUT2D eigenvalue weighted by atomic mass is 32.1. The number of aromatic nitrogens is 3. The highest BCUT2D eigenvalue weighted by Gasteiger charge is 2.19. The smallest absolute Gasteiger partial charge is 0.205 e. The molecule has 0 radical (unpaired) electrons. The molecular formula is C18H22N4O3S. The van der Waals surface area contributed by atoms with Crippen molar-refractivity contribution >= 4 is 28.1 Å². The molecule has 0 amide bonds. The lowest BCUT2D eigenvalue weighted by atomic mass is 10.1. The summed E-state index contributed by atoms with van der Waals surface area (Å²) >= 11 is 1.70. The van der Waals surface area contributed by atoms with E-state index < -0.39 is 0 Å². The van der Waals surface area contributed by atoms with Crippen molar-refractivity contribution in [1.29, 1.82) is 0 Å². The second-order valence-corrected chi connectivity index (χ2v) is 6.62. The zero-order valence-corrected chi connectivity index (χ0v) is 16.1. The number of nitrogens with one attached hydrogen (secondary N) is 1. The molecule has 138 valence electrons. The summed E-state index contributed by atoms with van der Waals surface area (Å²) in [7, 11) is 4.75. The van der Waals surface area contributed by atoms with Gasteiger partial charge in [-0.15, -0.1) is 11.3 Å². The number of rotatable bonds is 8. The molecule has 8 heteroatoms. The van der Waals surface area contributed by atoms with Crippen LogP contribution in [0.25, 0.3) is 10.9 Å². The Morgan fingerprint density at radius 2 is 1.88 bits per heavy atom. The van der Waals surface area contributed by atoms with Crippen LogP contribution in [0.3, 0.4) is 0 Å². The molecule has 2 aromatic heterocycles. The average Bonchev–Trinajstić information content (AvgIpc) is 3.08. The maximum atomic E-state index is 5.50. The van der Waals surface area contributed by atoms with E-state index in [0.717, 1.165) is 41.3 Å². The van der Waals surface area contributed by atoms with Crippen LogP contribution in [-0.2, 0) is 6.42 Å². The summed E-state index contributed by atoms with van der Waals surface area (Å²) in [5.74, 6) is 2.37. The molecule has 1 N–H and O–H groups in total. The van der Waals surface area contributed by atoms with Gasteiger partial charge in [0.05, 0.1) is 31.7 Å². The van der Waals surface area contributed by atoms with Crippen molar-refractivity contribution in [3.63, 3.8) is 0 Å². The van der Waals surface area contributed by atoms with Crippen molar-refractivity contribution in [3.05, 3.63) is 28.5 Å². The van der Waals surface area contributed by atoms with Crippen molar-refractivity contribution in [2.24, 2.45) is 0 Å². The lowest BCUT2D eigenvalue weighted by Gasteiger charge is -2.15. The molecule has 0 fully saturated rings. The second-order valence-electron chi connectivity index (χ2n) is 5.68. The molecule has 1 aromatic carbocycles. The number of aryl methyl sites for hydroxylation is 2. The van der Waals surface area contributed by atoms with Crippen LogP contribution >= 0.6 is 11.3 Å². The molecule has 2 heterocycles. The Morgan fingerprint density at radius 1 is 1.08 bits per heavy atom. The first-order valence-corrected chi connectivity index (χ1v) is 9.14. The number of ether oxygens (including phenoxy) is 3. The maximum Gasteiger partial charge on any atom is 0.205 e. The zero-order chi connectivity index (χ0) is 18.5. The lowest BCUT2D eigenvalue weighted by Crippen LogP contribution is -2.06. The molecule has 0 aliphatic carbocycles. The van der Waals surface area contributed by atoms with Crippen molar-refractivity contribution in [2.45, 2.75) is 19.8 Å². The third kappa shape index (κ3) is 3.65. The quantitative estimate of drug-likeness (QED) is 0.605. The first-order valence-electron chi connectivity index (χ1n) is 8.26. The summed E-state index contributed by atoms with van der Waals surface area (Å²) in [6.45, 7) is 2.79. The van der Waals surface area contributed by atoms with E-state index in [9.17, 15) is 0 Å². The normalized spacial score (nSPS) is 10.8. The number of hydrogen-bond acceptors (Lipinski definition) is 8. The van der Waals surface area contributed by atoms with Crippen LogP contribution in [0.5, 0.6) is 17.2 Å². The van der Waals surface area contributed by atoms with E-state index >= 15 is 0 Å². The third-order valence-corrected chi connectivity index (χ3v) is 4.99. The van der Waals surface area contributed by atoms with Gasteiger partial charge in [0.1, 0.15) is 17.7 Å². The van der Waals surface area contributed by atoms with Crippen LogP contribution in [0.2, 0.25) is 0 Å². The van der Waals surface area contributed by atoms with Crippen LogP contribution in [0.4, 0.5) is 5.82 Å². The van der Waals surface area contributed by atoms with Gasteiger partial charge in [-0.3, -0.25) is 0 Å². The molecule has 3 rings (SSSR count). The lowest BCUT2D eigenvalue weighted by molar-refractivity contribution is 0.327. The van der Waals surface area contributed by atoms with E-state index in [1.54, 1.807) is 32.7 Å². The second kappa shape index (κ2) is 8.18. The minimum absolute atomic E-state index is 0.520. The predicted octanol–water partition coefficient (Wildman–Crippen LogP) is 3.47. The largest absolute Gasteiger partial charge is 0.493 e. The minimum atomic E-state index is 0.520. The third-order valence-electron chi connectivity index (χ3n) is 3.96. The van der Waals surface area contributed by atoms with Gasteiger partial charge in [0.2, 0.25) is 5.75 Å². The summed E-state index contributed by atoms with van der Waals surface area (Å²) in [6.07, 6.45) is 3.42. The summed E-state index contributed by atoms with van der Waals surface area (Å²) in [5.41, 5.74) is 1.76. The topological polar surface area (TPSA) is 78.4 Å². The monoisotopic (exact) mass is 374 g/mol. The fourth-order valence-electron chi connectivity index (χ4n) is 2.77. The van der Waals surface area contributed by atoms with Gasteiger partial charge >= 0.3 is 0 Å². The molecule has 0 atom stereocenters. The first-order chi connectivity index (χ1) is 12.7. The van der Waals surface area contributed by atoms with Gasteiger partial charge in [0.15, 0.2) is 11.5 Å². The standard InChI is InChI=1S/C18H22N4O3S/c1-11-9-26-14(22-11)6-5-7-19-18-12-8-13(23-2)16(24-3)17(25-4)15(12)20-10-21-18/h8-10H,5-7H2,1-4H3,(H,19,20,21). The first kappa shape index (κ1) is 18.2. The van der Waals surface area contributed by atoms with Crippen molar-refractivity contribution in [2.75, 3.05) is 33.2 Å². The Morgan fingerprint density at radius 3 is 2.54 bits per heavy atom. The summed E-state index contributed by atoms with van der Waals surface area (Å²) in [6, 6.07) is 1.86. The van der Waals surface area contributed by atoms with Crippen molar-refractivity contribution < 1.29 is 14.2 Å². The maximum absolute atomic E-state index is 5.50. The molecule has 0 aliphatic heterocycles. The van der Waals surface area contributed by atoms with E-state index in [1.165, 1.54) is 6.33 Å². The Labute approximate surface area is 156 Å². The molecule has 0 aliphatic rings. The summed E-state index contributed by atoms with van der Waals surface area (Å²) in [4.78, 5) is 13.2. The molecule has 0 saturated heterocycles. The van der Waals surface area contributed by atoms with Crippen molar-refractivity contribution in [3.8, 4) is 17.2 Å². The number of fused-ring (bicyclic) bond motifs is 1. The average molecular weight is 374 g/mol. The van der Waals surface area contributed by atoms with Gasteiger partial charge in [0.25, 0.3) is 0 Å². The highest BCUT2D eigenvalue weighted by molar-refractivity contribution is 7.09. The van der Waals surface area contributed by atoms with E-state index in [1.807, 2.05) is 13.0 Å². The summed E-state index contributed by atoms with van der Waals surface area (Å²) < 4.78 is 16.4. The fraction of sp³-hybridized carbons (Fsp3) is 0.389. The van der Waals surface area contributed by atoms with Crippen LogP contribution in [-0.4, -0.2) is 42.8 Å². The Balaban J connectivity index is 1.82. The molecule has 0 bridgehead atoms. The number of nitrogens with zero attached hydrogens (tertiary/aromatic N) is 3.